The second-order valence-corrected chi connectivity index (χ2v) is 5.00. The number of carbonyl (C=O) groups is 1. The van der Waals surface area contributed by atoms with Crippen molar-refractivity contribution >= 4 is 11.6 Å². The van der Waals surface area contributed by atoms with Gasteiger partial charge in [-0.1, -0.05) is 0 Å². The number of halogens is 6. The van der Waals surface area contributed by atoms with Gasteiger partial charge in [0.2, 0.25) is 5.91 Å². The van der Waals surface area contributed by atoms with E-state index in [9.17, 15) is 31.1 Å². The molecule has 1 aromatic rings. The molecule has 1 rings (SSSR count). The van der Waals surface area contributed by atoms with Crippen molar-refractivity contribution < 1.29 is 36.2 Å². The number of hydrogen-bond donors (Lipinski definition) is 3. The first-order chi connectivity index (χ1) is 10.2. The van der Waals surface area contributed by atoms with E-state index in [1.807, 2.05) is 0 Å². The summed E-state index contributed by atoms with van der Waals surface area (Å²) in [5.74, 6) is -11.7. The molecule has 0 aliphatic carbocycles. The number of nitrogens with one attached hydrogen (secondary N) is 1. The molecule has 0 heterocycles. The zero-order chi connectivity index (χ0) is 18.2. The highest BCUT2D eigenvalue weighted by Gasteiger charge is 2.71. The first-order valence-corrected chi connectivity index (χ1v) is 6.21. The van der Waals surface area contributed by atoms with E-state index >= 15 is 0 Å². The molecule has 1 aromatic carbocycles. The van der Waals surface area contributed by atoms with E-state index in [0.717, 1.165) is 13.0 Å². The molecule has 0 spiro atoms. The maximum absolute atomic E-state index is 13.9. The van der Waals surface area contributed by atoms with E-state index in [4.69, 9.17) is 10.8 Å². The number of aliphatic hydroxyl groups is 1. The lowest BCUT2D eigenvalue weighted by atomic mass is 9.93. The molecule has 0 bridgehead atoms. The average molecular weight is 344 g/mol. The Labute approximate surface area is 127 Å². The van der Waals surface area contributed by atoms with Gasteiger partial charge in [0, 0.05) is 11.3 Å². The van der Waals surface area contributed by atoms with Crippen LogP contribution in [0.4, 0.5) is 32.0 Å². The van der Waals surface area contributed by atoms with Crippen molar-refractivity contribution in [2.45, 2.75) is 31.8 Å². The monoisotopic (exact) mass is 344 g/mol. The van der Waals surface area contributed by atoms with Crippen LogP contribution in [0.2, 0.25) is 0 Å². The molecule has 0 radical (unpaired) electrons. The van der Waals surface area contributed by atoms with E-state index in [-0.39, 0.29) is 17.8 Å². The number of primary amides is 1. The van der Waals surface area contributed by atoms with E-state index in [0.29, 0.717) is 6.07 Å². The van der Waals surface area contributed by atoms with Gasteiger partial charge in [-0.15, -0.1) is 0 Å². The lowest BCUT2D eigenvalue weighted by Gasteiger charge is -2.31. The third-order valence-electron chi connectivity index (χ3n) is 3.15. The summed E-state index contributed by atoms with van der Waals surface area (Å²) in [6.07, 6.45) is -6.18. The molecule has 0 aromatic heterocycles. The van der Waals surface area contributed by atoms with Crippen molar-refractivity contribution in [3.63, 3.8) is 0 Å². The Morgan fingerprint density at radius 3 is 2.09 bits per heavy atom. The molecular formula is C13H14F6N2O2. The Morgan fingerprint density at radius 1 is 1.13 bits per heavy atom. The minimum absolute atomic E-state index is 0.0181. The number of anilines is 1. The van der Waals surface area contributed by atoms with E-state index in [2.05, 4.69) is 5.32 Å². The standard InChI is InChI=1S/C13H14F6N2O2/c1-6-4-9(21-5-10(20)22)7(2)3-8(6)11(14,15)12(16,23)13(17,18)19/h3-4,21,23H,5H2,1-2H3,(H2,20,22). The molecule has 0 saturated carbocycles. The van der Waals surface area contributed by atoms with E-state index in [1.54, 1.807) is 0 Å². The second-order valence-electron chi connectivity index (χ2n) is 5.00. The first kappa shape index (κ1) is 19.1. The maximum Gasteiger partial charge on any atom is 0.455 e. The summed E-state index contributed by atoms with van der Waals surface area (Å²) in [4.78, 5) is 10.7. The van der Waals surface area contributed by atoms with Crippen LogP contribution in [0.5, 0.6) is 0 Å². The largest absolute Gasteiger partial charge is 0.455 e. The van der Waals surface area contributed by atoms with Gasteiger partial charge >= 0.3 is 18.0 Å². The summed E-state index contributed by atoms with van der Waals surface area (Å²) in [5, 5.41) is 11.2. The predicted molar refractivity (Wildman–Crippen MR) is 69.6 cm³/mol. The molecule has 0 aliphatic heterocycles. The van der Waals surface area contributed by atoms with Crippen LogP contribution in [0.15, 0.2) is 12.1 Å². The van der Waals surface area contributed by atoms with Gasteiger partial charge in [-0.05, 0) is 37.1 Å². The van der Waals surface area contributed by atoms with Crippen LogP contribution >= 0.6 is 0 Å². The Morgan fingerprint density at radius 2 is 1.65 bits per heavy atom. The highest BCUT2D eigenvalue weighted by molar-refractivity contribution is 5.79. The minimum atomic E-state index is -6.18. The smallest absolute Gasteiger partial charge is 0.376 e. The number of rotatable bonds is 5. The minimum Gasteiger partial charge on any atom is -0.376 e. The highest BCUT2D eigenvalue weighted by atomic mass is 19.4. The summed E-state index contributed by atoms with van der Waals surface area (Å²) < 4.78 is 78.2. The van der Waals surface area contributed by atoms with E-state index in [1.165, 1.54) is 6.92 Å². The Balaban J connectivity index is 3.34. The fourth-order valence-corrected chi connectivity index (χ4v) is 1.88. The lowest BCUT2D eigenvalue weighted by Crippen LogP contribution is -2.53. The lowest BCUT2D eigenvalue weighted by molar-refractivity contribution is -0.390. The van der Waals surface area contributed by atoms with Crippen molar-refractivity contribution in [3.8, 4) is 0 Å². The Kier molecular flexibility index (Phi) is 4.90. The second kappa shape index (κ2) is 5.91. The number of aryl methyl sites for hydroxylation is 2. The summed E-state index contributed by atoms with van der Waals surface area (Å²) >= 11 is 0. The number of hydrogen-bond acceptors (Lipinski definition) is 3. The van der Waals surface area contributed by atoms with E-state index < -0.39 is 35.0 Å². The summed E-state index contributed by atoms with van der Waals surface area (Å²) in [7, 11) is 0. The molecule has 0 saturated heterocycles. The van der Waals surface area contributed by atoms with Gasteiger partial charge in [0.1, 0.15) is 0 Å². The van der Waals surface area contributed by atoms with Crippen molar-refractivity contribution in [3.05, 3.63) is 28.8 Å². The number of nitrogens with two attached hydrogens (primary N) is 1. The van der Waals surface area contributed by atoms with Crippen LogP contribution in [-0.2, 0) is 10.7 Å². The van der Waals surface area contributed by atoms with Crippen LogP contribution in [-0.4, -0.2) is 29.6 Å². The topological polar surface area (TPSA) is 75.3 Å². The summed E-state index contributed by atoms with van der Waals surface area (Å²) in [5.41, 5.74) is 3.36. The molecule has 23 heavy (non-hydrogen) atoms. The zero-order valence-electron chi connectivity index (χ0n) is 12.1. The van der Waals surface area contributed by atoms with Crippen LogP contribution in [0.3, 0.4) is 0 Å². The Hall–Kier alpha value is -1.97. The van der Waals surface area contributed by atoms with Crippen molar-refractivity contribution in [2.24, 2.45) is 5.73 Å². The number of amides is 1. The van der Waals surface area contributed by atoms with Gasteiger partial charge in [0.25, 0.3) is 0 Å². The van der Waals surface area contributed by atoms with Gasteiger partial charge in [-0.2, -0.15) is 26.3 Å². The van der Waals surface area contributed by atoms with Crippen LogP contribution in [0.25, 0.3) is 0 Å². The third-order valence-corrected chi connectivity index (χ3v) is 3.15. The van der Waals surface area contributed by atoms with Crippen LogP contribution in [0, 0.1) is 13.8 Å². The average Bonchev–Trinajstić information content (AvgIpc) is 2.37. The SMILES string of the molecule is Cc1cc(C(F)(F)C(O)(F)C(F)(F)F)c(C)cc1NCC(N)=O. The van der Waals surface area contributed by atoms with Gasteiger partial charge < -0.3 is 16.2 Å². The molecule has 4 nitrogen and oxygen atoms in total. The molecular weight excluding hydrogens is 330 g/mol. The summed E-state index contributed by atoms with van der Waals surface area (Å²) in [6.45, 7) is 1.95. The third kappa shape index (κ3) is 3.52. The maximum atomic E-state index is 13.9. The quantitative estimate of drug-likeness (QED) is 0.719. The fourth-order valence-electron chi connectivity index (χ4n) is 1.88. The molecule has 0 aliphatic rings. The molecule has 1 unspecified atom stereocenters. The van der Waals surface area contributed by atoms with Gasteiger partial charge in [-0.3, -0.25) is 4.79 Å². The Bertz CT molecular complexity index is 613. The predicted octanol–water partition coefficient (Wildman–Crippen LogP) is 2.51. The van der Waals surface area contributed by atoms with Crippen LogP contribution in [0.1, 0.15) is 16.7 Å². The number of alkyl halides is 6. The number of carbonyl (C=O) groups excluding carboxylic acids is 1. The molecule has 0 fully saturated rings. The van der Waals surface area contributed by atoms with Gasteiger partial charge in [-0.25, -0.2) is 0 Å². The number of benzene rings is 1. The molecule has 4 N–H and O–H groups in total. The van der Waals surface area contributed by atoms with Crippen LogP contribution < -0.4 is 11.1 Å². The van der Waals surface area contributed by atoms with Gasteiger partial charge in [0.15, 0.2) is 0 Å². The molecule has 130 valence electrons. The highest BCUT2D eigenvalue weighted by Crippen LogP contribution is 2.50. The van der Waals surface area contributed by atoms with Crippen molar-refractivity contribution in [1.29, 1.82) is 0 Å². The fraction of sp³-hybridized carbons (Fsp3) is 0.462. The van der Waals surface area contributed by atoms with Crippen molar-refractivity contribution in [1.82, 2.24) is 0 Å². The molecule has 1 amide bonds. The first-order valence-electron chi connectivity index (χ1n) is 6.21. The molecule has 1 atom stereocenters. The molecule has 10 heteroatoms. The normalized spacial score (nSPS) is 15.2. The van der Waals surface area contributed by atoms with Gasteiger partial charge in [0.05, 0.1) is 6.54 Å². The zero-order valence-corrected chi connectivity index (χ0v) is 12.1. The summed E-state index contributed by atoms with van der Waals surface area (Å²) in [6, 6.07) is 1.61. The van der Waals surface area contributed by atoms with Crippen molar-refractivity contribution in [2.75, 3.05) is 11.9 Å².